The lowest BCUT2D eigenvalue weighted by molar-refractivity contribution is 0.198. The van der Waals surface area contributed by atoms with Gasteiger partial charge in [0.05, 0.1) is 0 Å². The van der Waals surface area contributed by atoms with Gasteiger partial charge >= 0.3 is 6.03 Å². The minimum atomic E-state index is -0.357. The zero-order valence-electron chi connectivity index (χ0n) is 13.4. The Morgan fingerprint density at radius 2 is 1.95 bits per heavy atom. The second-order valence-corrected chi connectivity index (χ2v) is 5.78. The minimum absolute atomic E-state index is 0.0752. The van der Waals surface area contributed by atoms with Crippen molar-refractivity contribution in [3.63, 3.8) is 0 Å². The lowest BCUT2D eigenvalue weighted by Crippen LogP contribution is -2.52. The fraction of sp³-hybridized carbons (Fsp3) is 0.588. The van der Waals surface area contributed by atoms with Gasteiger partial charge in [-0.25, -0.2) is 4.79 Å². The van der Waals surface area contributed by atoms with Gasteiger partial charge in [-0.3, -0.25) is 0 Å². The van der Waals surface area contributed by atoms with Gasteiger partial charge in [0.2, 0.25) is 0 Å². The predicted molar refractivity (Wildman–Crippen MR) is 86.3 cm³/mol. The predicted octanol–water partition coefficient (Wildman–Crippen LogP) is 2.86. The maximum Gasteiger partial charge on any atom is 0.315 e. The van der Waals surface area contributed by atoms with Crippen molar-refractivity contribution in [3.05, 3.63) is 35.9 Å². The molecule has 4 nitrogen and oxygen atoms in total. The molecule has 2 amide bonds. The molecule has 0 saturated heterocycles. The van der Waals surface area contributed by atoms with Crippen molar-refractivity contribution < 1.29 is 9.90 Å². The van der Waals surface area contributed by atoms with E-state index in [-0.39, 0.29) is 24.2 Å². The van der Waals surface area contributed by atoms with Crippen LogP contribution in [-0.2, 0) is 6.42 Å². The molecule has 0 aliphatic carbocycles. The van der Waals surface area contributed by atoms with Crippen molar-refractivity contribution in [3.8, 4) is 0 Å². The highest BCUT2D eigenvalue weighted by atomic mass is 16.3. The van der Waals surface area contributed by atoms with Gasteiger partial charge in [0.25, 0.3) is 0 Å². The number of aliphatic hydroxyl groups excluding tert-OH is 1. The average Bonchev–Trinajstić information content (AvgIpc) is 2.47. The van der Waals surface area contributed by atoms with Gasteiger partial charge in [0.15, 0.2) is 0 Å². The lowest BCUT2D eigenvalue weighted by Gasteiger charge is -2.30. The van der Waals surface area contributed by atoms with Crippen molar-refractivity contribution in [1.29, 1.82) is 0 Å². The first-order chi connectivity index (χ1) is 10.0. The van der Waals surface area contributed by atoms with Gasteiger partial charge in [0.1, 0.15) is 0 Å². The van der Waals surface area contributed by atoms with Gasteiger partial charge in [-0.1, -0.05) is 44.2 Å². The van der Waals surface area contributed by atoms with Gasteiger partial charge in [-0.2, -0.15) is 0 Å². The van der Waals surface area contributed by atoms with Crippen LogP contribution in [0.1, 0.15) is 45.6 Å². The van der Waals surface area contributed by atoms with Crippen molar-refractivity contribution in [1.82, 2.24) is 10.6 Å². The Kier molecular flexibility index (Phi) is 7.23. The molecule has 0 heterocycles. The zero-order chi connectivity index (χ0) is 15.7. The van der Waals surface area contributed by atoms with E-state index in [2.05, 4.69) is 29.7 Å². The Hall–Kier alpha value is -1.55. The minimum Gasteiger partial charge on any atom is -0.396 e. The molecule has 0 bridgehead atoms. The first-order valence-electron chi connectivity index (χ1n) is 7.76. The normalized spacial score (nSPS) is 15.0. The fourth-order valence-electron chi connectivity index (χ4n) is 2.27. The molecule has 0 saturated carbocycles. The summed E-state index contributed by atoms with van der Waals surface area (Å²) in [6.45, 7) is 6.12. The number of urea groups is 1. The molecule has 0 aliphatic rings. The number of carbonyl (C=O) groups is 1. The highest BCUT2D eigenvalue weighted by Gasteiger charge is 2.24. The van der Waals surface area contributed by atoms with E-state index in [1.165, 1.54) is 5.56 Å². The van der Waals surface area contributed by atoms with E-state index in [9.17, 15) is 4.79 Å². The molecule has 2 atom stereocenters. The van der Waals surface area contributed by atoms with Crippen LogP contribution in [0.2, 0.25) is 0 Å². The van der Waals surface area contributed by atoms with Crippen molar-refractivity contribution in [2.24, 2.45) is 0 Å². The van der Waals surface area contributed by atoms with E-state index in [0.29, 0.717) is 6.42 Å². The maximum absolute atomic E-state index is 12.1. The molecule has 1 rings (SSSR count). The molecule has 21 heavy (non-hydrogen) atoms. The second-order valence-electron chi connectivity index (χ2n) is 5.78. The SMILES string of the molecule is CCC(Cc1ccccc1)NC(=O)NC(C)(CC)CCO. The molecule has 0 aromatic heterocycles. The molecule has 0 fully saturated rings. The third kappa shape index (κ3) is 6.17. The van der Waals surface area contributed by atoms with Crippen LogP contribution in [0.25, 0.3) is 0 Å². The quantitative estimate of drug-likeness (QED) is 0.690. The summed E-state index contributed by atoms with van der Waals surface area (Å²) in [5.74, 6) is 0. The third-order valence-electron chi connectivity index (χ3n) is 4.01. The third-order valence-corrected chi connectivity index (χ3v) is 4.01. The largest absolute Gasteiger partial charge is 0.396 e. The van der Waals surface area contributed by atoms with Gasteiger partial charge in [0, 0.05) is 18.2 Å². The number of nitrogens with one attached hydrogen (secondary N) is 2. The molecule has 1 aromatic rings. The molecule has 2 unspecified atom stereocenters. The van der Waals surface area contributed by atoms with Crippen molar-refractivity contribution >= 4 is 6.03 Å². The molecule has 0 spiro atoms. The molecule has 3 N–H and O–H groups in total. The van der Waals surface area contributed by atoms with E-state index in [1.54, 1.807) is 0 Å². The molecule has 4 heteroatoms. The first kappa shape index (κ1) is 17.5. The number of benzene rings is 1. The average molecular weight is 292 g/mol. The maximum atomic E-state index is 12.1. The van der Waals surface area contributed by atoms with Gasteiger partial charge in [-0.05, 0) is 38.2 Å². The van der Waals surface area contributed by atoms with E-state index in [0.717, 1.165) is 19.3 Å². The Balaban J connectivity index is 2.54. The van der Waals surface area contributed by atoms with Crippen LogP contribution >= 0.6 is 0 Å². The van der Waals surface area contributed by atoms with Crippen LogP contribution in [0.15, 0.2) is 30.3 Å². The summed E-state index contributed by atoms with van der Waals surface area (Å²) >= 11 is 0. The number of hydrogen-bond acceptors (Lipinski definition) is 2. The van der Waals surface area contributed by atoms with Crippen LogP contribution in [-0.4, -0.2) is 29.3 Å². The highest BCUT2D eigenvalue weighted by Crippen LogP contribution is 2.13. The molecule has 0 aliphatic heterocycles. The molecule has 0 radical (unpaired) electrons. The Morgan fingerprint density at radius 3 is 2.48 bits per heavy atom. The van der Waals surface area contributed by atoms with E-state index >= 15 is 0 Å². The summed E-state index contributed by atoms with van der Waals surface area (Å²) in [6.07, 6.45) is 3.06. The van der Waals surface area contributed by atoms with Gasteiger partial charge in [-0.15, -0.1) is 0 Å². The smallest absolute Gasteiger partial charge is 0.315 e. The highest BCUT2D eigenvalue weighted by molar-refractivity contribution is 5.75. The van der Waals surface area contributed by atoms with E-state index in [1.807, 2.05) is 32.0 Å². The molecule has 118 valence electrons. The Bertz CT molecular complexity index is 422. The summed E-state index contributed by atoms with van der Waals surface area (Å²) in [4.78, 5) is 12.1. The van der Waals surface area contributed by atoms with Crippen LogP contribution < -0.4 is 10.6 Å². The number of aliphatic hydroxyl groups is 1. The summed E-state index contributed by atoms with van der Waals surface area (Å²) in [6, 6.07) is 10.1. The number of carbonyl (C=O) groups excluding carboxylic acids is 1. The van der Waals surface area contributed by atoms with Crippen molar-refractivity contribution in [2.45, 2.75) is 58.0 Å². The second kappa shape index (κ2) is 8.67. The lowest BCUT2D eigenvalue weighted by atomic mass is 9.95. The Morgan fingerprint density at radius 1 is 1.29 bits per heavy atom. The van der Waals surface area contributed by atoms with Gasteiger partial charge < -0.3 is 15.7 Å². The summed E-state index contributed by atoms with van der Waals surface area (Å²) < 4.78 is 0. The first-order valence-corrected chi connectivity index (χ1v) is 7.76. The van der Waals surface area contributed by atoms with Crippen LogP contribution in [0.4, 0.5) is 4.79 Å². The number of hydrogen-bond donors (Lipinski definition) is 3. The fourth-order valence-corrected chi connectivity index (χ4v) is 2.27. The standard InChI is InChI=1S/C17H28N2O2/c1-4-15(13-14-9-7-6-8-10-14)18-16(21)19-17(3,5-2)11-12-20/h6-10,15,20H,4-5,11-13H2,1-3H3,(H2,18,19,21). The Labute approximate surface area is 128 Å². The van der Waals surface area contributed by atoms with Crippen LogP contribution in [0, 0.1) is 0 Å². The number of rotatable bonds is 8. The van der Waals surface area contributed by atoms with Crippen LogP contribution in [0.3, 0.4) is 0 Å². The summed E-state index contributed by atoms with van der Waals surface area (Å²) in [5.41, 5.74) is 0.863. The molecular formula is C17H28N2O2. The van der Waals surface area contributed by atoms with E-state index < -0.39 is 0 Å². The van der Waals surface area contributed by atoms with Crippen molar-refractivity contribution in [2.75, 3.05) is 6.61 Å². The summed E-state index contributed by atoms with van der Waals surface area (Å²) in [5, 5.41) is 15.1. The molecule has 1 aromatic carbocycles. The van der Waals surface area contributed by atoms with E-state index in [4.69, 9.17) is 5.11 Å². The molecular weight excluding hydrogens is 264 g/mol. The van der Waals surface area contributed by atoms with Crippen LogP contribution in [0.5, 0.6) is 0 Å². The monoisotopic (exact) mass is 292 g/mol. The topological polar surface area (TPSA) is 61.4 Å². The summed E-state index contributed by atoms with van der Waals surface area (Å²) in [7, 11) is 0. The number of amides is 2. The zero-order valence-corrected chi connectivity index (χ0v) is 13.4.